The molecular formula is C25H40N2O4. The van der Waals surface area contributed by atoms with Crippen LogP contribution in [0.15, 0.2) is 30.4 Å². The number of unbranched alkanes of at least 4 members (excludes halogenated alkanes) is 12. The second-order valence-corrected chi connectivity index (χ2v) is 8.15. The molecule has 0 heterocycles. The zero-order chi connectivity index (χ0) is 22.7. The Balaban J connectivity index is 1.98. The van der Waals surface area contributed by atoms with Crippen LogP contribution in [0.5, 0.6) is 5.75 Å². The number of nitrogens with zero attached hydrogens (tertiary/aromatic N) is 1. The molecule has 0 atom stereocenters. The predicted octanol–water partition coefficient (Wildman–Crippen LogP) is 7.07. The molecule has 31 heavy (non-hydrogen) atoms. The Labute approximate surface area is 187 Å². The average Bonchev–Trinajstić information content (AvgIpc) is 2.75. The van der Waals surface area contributed by atoms with Crippen LogP contribution < -0.4 is 5.32 Å². The molecule has 0 spiro atoms. The average molecular weight is 433 g/mol. The molecule has 174 valence electrons. The lowest BCUT2D eigenvalue weighted by Crippen LogP contribution is -2.24. The molecule has 0 bridgehead atoms. The van der Waals surface area contributed by atoms with Crippen molar-refractivity contribution in [2.75, 3.05) is 6.54 Å². The maximum Gasteiger partial charge on any atom is 0.270 e. The Hall–Kier alpha value is -2.37. The van der Waals surface area contributed by atoms with Crippen molar-refractivity contribution in [3.63, 3.8) is 0 Å². The Kier molecular flexibility index (Phi) is 14.9. The highest BCUT2D eigenvalue weighted by Crippen LogP contribution is 2.22. The third-order valence-corrected chi connectivity index (χ3v) is 5.41. The predicted molar refractivity (Wildman–Crippen MR) is 127 cm³/mol. The third kappa shape index (κ3) is 12.8. The van der Waals surface area contributed by atoms with Crippen LogP contribution in [-0.2, 0) is 0 Å². The van der Waals surface area contributed by atoms with E-state index >= 15 is 0 Å². The van der Waals surface area contributed by atoms with Crippen molar-refractivity contribution >= 4 is 11.6 Å². The van der Waals surface area contributed by atoms with Crippen molar-refractivity contribution in [3.05, 3.63) is 46.0 Å². The highest BCUT2D eigenvalue weighted by atomic mass is 16.6. The zero-order valence-corrected chi connectivity index (χ0v) is 19.1. The summed E-state index contributed by atoms with van der Waals surface area (Å²) in [4.78, 5) is 22.3. The van der Waals surface area contributed by atoms with Gasteiger partial charge in [-0.3, -0.25) is 14.9 Å². The zero-order valence-electron chi connectivity index (χ0n) is 19.1. The fourth-order valence-corrected chi connectivity index (χ4v) is 3.49. The molecule has 6 nitrogen and oxygen atoms in total. The van der Waals surface area contributed by atoms with Gasteiger partial charge in [-0.05, 0) is 38.2 Å². The topological polar surface area (TPSA) is 92.5 Å². The summed E-state index contributed by atoms with van der Waals surface area (Å²) in [6, 6.07) is 3.46. The van der Waals surface area contributed by atoms with Gasteiger partial charge in [-0.1, -0.05) is 76.9 Å². The lowest BCUT2D eigenvalue weighted by molar-refractivity contribution is -0.384. The number of rotatable bonds is 18. The van der Waals surface area contributed by atoms with E-state index in [9.17, 15) is 20.0 Å². The Morgan fingerprint density at radius 2 is 1.48 bits per heavy atom. The molecule has 0 aliphatic carbocycles. The molecule has 1 aromatic carbocycles. The molecule has 0 fully saturated rings. The molecule has 1 amide bonds. The lowest BCUT2D eigenvalue weighted by Gasteiger charge is -2.07. The number of hydrogen-bond donors (Lipinski definition) is 2. The van der Waals surface area contributed by atoms with Gasteiger partial charge in [0.2, 0.25) is 0 Å². The van der Waals surface area contributed by atoms with Crippen LogP contribution in [0, 0.1) is 10.1 Å². The summed E-state index contributed by atoms with van der Waals surface area (Å²) < 4.78 is 0. The summed E-state index contributed by atoms with van der Waals surface area (Å²) in [6.45, 7) is 2.75. The van der Waals surface area contributed by atoms with Gasteiger partial charge in [0.1, 0.15) is 5.75 Å². The number of nitro benzene ring substituents is 1. The minimum Gasteiger partial charge on any atom is -0.507 e. The quantitative estimate of drug-likeness (QED) is 0.112. The fourth-order valence-electron chi connectivity index (χ4n) is 3.49. The lowest BCUT2D eigenvalue weighted by atomic mass is 10.1. The number of phenolic OH excluding ortho intramolecular Hbond substituents is 1. The SMILES string of the molecule is CCCCCCCCC=CCCCCCCCCNC(=O)c1cc([N+](=O)[O-])ccc1O. The summed E-state index contributed by atoms with van der Waals surface area (Å²) in [6.07, 6.45) is 21.9. The van der Waals surface area contributed by atoms with Crippen molar-refractivity contribution in [1.29, 1.82) is 0 Å². The molecule has 0 aliphatic rings. The first kappa shape index (κ1) is 26.7. The van der Waals surface area contributed by atoms with Crippen LogP contribution in [0.25, 0.3) is 0 Å². The van der Waals surface area contributed by atoms with E-state index in [1.54, 1.807) is 0 Å². The first-order chi connectivity index (χ1) is 15.1. The van der Waals surface area contributed by atoms with E-state index < -0.39 is 10.8 Å². The summed E-state index contributed by atoms with van der Waals surface area (Å²) in [5.74, 6) is -0.724. The number of nitro groups is 1. The molecular weight excluding hydrogens is 392 g/mol. The van der Waals surface area contributed by atoms with Crippen LogP contribution in [-0.4, -0.2) is 22.5 Å². The van der Waals surface area contributed by atoms with Crippen LogP contribution in [0.1, 0.15) is 107 Å². The van der Waals surface area contributed by atoms with E-state index in [0.29, 0.717) is 6.54 Å². The van der Waals surface area contributed by atoms with Crippen molar-refractivity contribution in [1.82, 2.24) is 5.32 Å². The van der Waals surface area contributed by atoms with Gasteiger partial charge in [0.05, 0.1) is 10.5 Å². The number of nitrogens with one attached hydrogen (secondary N) is 1. The Bertz CT molecular complexity index is 673. The van der Waals surface area contributed by atoms with Gasteiger partial charge in [0.15, 0.2) is 0 Å². The molecule has 0 saturated heterocycles. The number of carbonyl (C=O) groups excluding carboxylic acids is 1. The van der Waals surface area contributed by atoms with Crippen LogP contribution in [0.3, 0.4) is 0 Å². The minimum atomic E-state index is -0.582. The van der Waals surface area contributed by atoms with Crippen LogP contribution in [0.2, 0.25) is 0 Å². The number of hydrogen-bond acceptors (Lipinski definition) is 4. The normalized spacial score (nSPS) is 11.1. The summed E-state index contributed by atoms with van der Waals surface area (Å²) in [5, 5.41) is 23.3. The number of aromatic hydroxyl groups is 1. The van der Waals surface area contributed by atoms with E-state index in [1.807, 2.05) is 0 Å². The molecule has 1 rings (SSSR count). The number of amides is 1. The molecule has 0 aliphatic heterocycles. The third-order valence-electron chi connectivity index (χ3n) is 5.41. The summed E-state index contributed by atoms with van der Waals surface area (Å²) in [5.41, 5.74) is -0.265. The van der Waals surface area contributed by atoms with Crippen LogP contribution in [0.4, 0.5) is 5.69 Å². The van der Waals surface area contributed by atoms with E-state index in [1.165, 1.54) is 82.8 Å². The Morgan fingerprint density at radius 3 is 2.06 bits per heavy atom. The van der Waals surface area contributed by atoms with Gasteiger partial charge in [-0.2, -0.15) is 0 Å². The van der Waals surface area contributed by atoms with Gasteiger partial charge in [-0.15, -0.1) is 0 Å². The van der Waals surface area contributed by atoms with Gasteiger partial charge in [0, 0.05) is 18.7 Å². The molecule has 0 unspecified atom stereocenters. The molecule has 1 aromatic rings. The van der Waals surface area contributed by atoms with E-state index in [0.717, 1.165) is 25.3 Å². The second kappa shape index (κ2) is 17.3. The van der Waals surface area contributed by atoms with Gasteiger partial charge >= 0.3 is 0 Å². The molecule has 0 aromatic heterocycles. The minimum absolute atomic E-state index is 0.0567. The van der Waals surface area contributed by atoms with Gasteiger partial charge in [-0.25, -0.2) is 0 Å². The highest BCUT2D eigenvalue weighted by molar-refractivity contribution is 5.97. The fraction of sp³-hybridized carbons (Fsp3) is 0.640. The van der Waals surface area contributed by atoms with Gasteiger partial charge < -0.3 is 10.4 Å². The van der Waals surface area contributed by atoms with Crippen LogP contribution >= 0.6 is 0 Å². The van der Waals surface area contributed by atoms with E-state index in [2.05, 4.69) is 24.4 Å². The first-order valence-corrected chi connectivity index (χ1v) is 12.0. The van der Waals surface area contributed by atoms with Crippen molar-refractivity contribution in [2.24, 2.45) is 0 Å². The molecule has 0 radical (unpaired) electrons. The smallest absolute Gasteiger partial charge is 0.270 e. The largest absolute Gasteiger partial charge is 0.507 e. The van der Waals surface area contributed by atoms with Crippen molar-refractivity contribution < 1.29 is 14.8 Å². The second-order valence-electron chi connectivity index (χ2n) is 8.15. The number of benzene rings is 1. The monoisotopic (exact) mass is 432 g/mol. The van der Waals surface area contributed by atoms with E-state index in [-0.39, 0.29) is 17.0 Å². The highest BCUT2D eigenvalue weighted by Gasteiger charge is 2.15. The molecule has 2 N–H and O–H groups in total. The summed E-state index contributed by atoms with van der Waals surface area (Å²) >= 11 is 0. The number of non-ortho nitro benzene ring substituents is 1. The maximum absolute atomic E-state index is 12.1. The number of carbonyl (C=O) groups is 1. The number of phenols is 1. The number of allylic oxidation sites excluding steroid dienone is 2. The van der Waals surface area contributed by atoms with Crippen molar-refractivity contribution in [3.8, 4) is 5.75 Å². The standard InChI is InChI=1S/C25H40N2O4/c1-2-3-4-5-6-7-8-9-10-11-12-13-14-15-16-17-20-26-25(29)23-21-22(27(30)31)18-19-24(23)28/h9-10,18-19,21,28H,2-8,11-17,20H2,1H3,(H,26,29). The Morgan fingerprint density at radius 1 is 0.935 bits per heavy atom. The summed E-state index contributed by atoms with van der Waals surface area (Å²) in [7, 11) is 0. The first-order valence-electron chi connectivity index (χ1n) is 12.0. The van der Waals surface area contributed by atoms with E-state index in [4.69, 9.17) is 0 Å². The molecule has 6 heteroatoms. The van der Waals surface area contributed by atoms with Crippen molar-refractivity contribution in [2.45, 2.75) is 96.8 Å². The molecule has 0 saturated carbocycles. The maximum atomic E-state index is 12.1. The van der Waals surface area contributed by atoms with Gasteiger partial charge in [0.25, 0.3) is 11.6 Å².